The summed E-state index contributed by atoms with van der Waals surface area (Å²) in [6.45, 7) is 0. The van der Waals surface area contributed by atoms with Crippen molar-refractivity contribution in [2.24, 2.45) is 0 Å². The first-order chi connectivity index (χ1) is 7.38. The molecule has 1 N–H and O–H groups in total. The molecule has 0 spiro atoms. The average molecular weight is 236 g/mol. The van der Waals surface area contributed by atoms with Crippen molar-refractivity contribution in [1.82, 2.24) is 0 Å². The van der Waals surface area contributed by atoms with E-state index in [1.54, 1.807) is 6.07 Å². The molecule has 0 aliphatic heterocycles. The Bertz CT molecular complexity index is 350. The fraction of sp³-hybridized carbons (Fsp3) is 0.222. The number of carboxylic acid groups (broad SMARTS) is 1. The van der Waals surface area contributed by atoms with E-state index in [9.17, 15) is 18.0 Å². The van der Waals surface area contributed by atoms with Gasteiger partial charge in [-0.3, -0.25) is 0 Å². The molecule has 16 heavy (non-hydrogen) atoms. The van der Waals surface area contributed by atoms with Crippen molar-refractivity contribution >= 4 is 5.97 Å². The van der Waals surface area contributed by atoms with Crippen molar-refractivity contribution in [3.8, 4) is 5.75 Å². The Morgan fingerprint density at radius 1 is 1.25 bits per heavy atom. The van der Waals surface area contributed by atoms with Crippen LogP contribution in [0.1, 0.15) is 0 Å². The van der Waals surface area contributed by atoms with Gasteiger partial charge in [0.15, 0.2) is 0 Å². The van der Waals surface area contributed by atoms with Crippen LogP contribution in [0, 0.1) is 0 Å². The molecule has 0 amide bonds. The van der Waals surface area contributed by atoms with Crippen LogP contribution in [-0.2, 0) is 9.53 Å². The topological polar surface area (TPSA) is 55.8 Å². The van der Waals surface area contributed by atoms with Gasteiger partial charge in [-0.15, -0.1) is 13.2 Å². The molecule has 1 aromatic rings. The highest BCUT2D eigenvalue weighted by molar-refractivity contribution is 5.71. The molecular formula is C9H7F3O4. The molecule has 7 heteroatoms. The van der Waals surface area contributed by atoms with E-state index >= 15 is 0 Å². The van der Waals surface area contributed by atoms with Crippen LogP contribution in [0.15, 0.2) is 30.3 Å². The number of alkyl halides is 3. The van der Waals surface area contributed by atoms with Gasteiger partial charge >= 0.3 is 18.6 Å². The highest BCUT2D eigenvalue weighted by atomic mass is 19.4. The largest absolute Gasteiger partial charge is 0.526 e. The lowest BCUT2D eigenvalue weighted by molar-refractivity contribution is -0.362. The van der Waals surface area contributed by atoms with E-state index in [4.69, 9.17) is 5.11 Å². The van der Waals surface area contributed by atoms with Gasteiger partial charge in [0.1, 0.15) is 5.75 Å². The third-order valence-corrected chi connectivity index (χ3v) is 1.43. The fourth-order valence-corrected chi connectivity index (χ4v) is 0.869. The lowest BCUT2D eigenvalue weighted by atomic mass is 10.3. The summed E-state index contributed by atoms with van der Waals surface area (Å²) in [5, 5.41) is 8.45. The Labute approximate surface area is 88.2 Å². The number of carbonyl (C=O) groups is 1. The summed E-state index contributed by atoms with van der Waals surface area (Å²) < 4.78 is 43.2. The second-order valence-corrected chi connectivity index (χ2v) is 2.66. The molecule has 0 saturated carbocycles. The first kappa shape index (κ1) is 12.3. The highest BCUT2D eigenvalue weighted by Crippen LogP contribution is 2.21. The number of ether oxygens (including phenoxy) is 2. The molecular weight excluding hydrogens is 229 g/mol. The van der Waals surface area contributed by atoms with Gasteiger partial charge in [-0.25, -0.2) is 9.53 Å². The summed E-state index contributed by atoms with van der Waals surface area (Å²) in [5.41, 5.74) is 0. The molecule has 0 aliphatic rings. The third-order valence-electron chi connectivity index (χ3n) is 1.43. The van der Waals surface area contributed by atoms with Gasteiger partial charge in [0.2, 0.25) is 0 Å². The van der Waals surface area contributed by atoms with Crippen LogP contribution in [0.5, 0.6) is 5.75 Å². The molecule has 0 saturated heterocycles. The third kappa shape index (κ3) is 4.18. The zero-order valence-electron chi connectivity index (χ0n) is 7.77. The van der Waals surface area contributed by atoms with Gasteiger partial charge in [-0.1, -0.05) is 18.2 Å². The summed E-state index contributed by atoms with van der Waals surface area (Å²) in [5.74, 6) is -1.89. The smallest absolute Gasteiger partial charge is 0.477 e. The number of hydrogen-bond acceptors (Lipinski definition) is 3. The number of aliphatic carboxylic acids is 1. The number of para-hydroxylation sites is 1. The summed E-state index contributed by atoms with van der Waals surface area (Å²) in [6, 6.07) is 7.21. The minimum atomic E-state index is -5.07. The predicted octanol–water partition coefficient (Wildman–Crippen LogP) is 2.01. The number of hydrogen-bond donors (Lipinski definition) is 1. The maximum atomic E-state index is 11.8. The molecule has 88 valence electrons. The van der Waals surface area contributed by atoms with Crippen molar-refractivity contribution in [2.75, 3.05) is 0 Å². The van der Waals surface area contributed by atoms with Gasteiger partial charge in [0, 0.05) is 0 Å². The van der Waals surface area contributed by atoms with Crippen LogP contribution in [-0.4, -0.2) is 23.7 Å². The summed E-state index contributed by atoms with van der Waals surface area (Å²) in [6.07, 6.45) is -7.49. The van der Waals surface area contributed by atoms with Crippen LogP contribution in [0.2, 0.25) is 0 Å². The van der Waals surface area contributed by atoms with Crippen LogP contribution >= 0.6 is 0 Å². The van der Waals surface area contributed by atoms with Crippen LogP contribution in [0.4, 0.5) is 13.2 Å². The van der Waals surface area contributed by atoms with Gasteiger partial charge < -0.3 is 9.84 Å². The van der Waals surface area contributed by atoms with Crippen LogP contribution in [0.25, 0.3) is 0 Å². The monoisotopic (exact) mass is 236 g/mol. The maximum absolute atomic E-state index is 11.8. The molecule has 1 atom stereocenters. The molecule has 0 heterocycles. The minimum Gasteiger partial charge on any atom is -0.477 e. The molecule has 1 aromatic carbocycles. The normalized spacial score (nSPS) is 13.2. The Morgan fingerprint density at radius 2 is 1.81 bits per heavy atom. The van der Waals surface area contributed by atoms with E-state index in [0.29, 0.717) is 0 Å². The Kier molecular flexibility index (Phi) is 3.73. The van der Waals surface area contributed by atoms with Gasteiger partial charge in [0.05, 0.1) is 0 Å². The van der Waals surface area contributed by atoms with E-state index in [2.05, 4.69) is 9.47 Å². The predicted molar refractivity (Wildman–Crippen MR) is 45.6 cm³/mol. The highest BCUT2D eigenvalue weighted by Gasteiger charge is 2.38. The van der Waals surface area contributed by atoms with Gasteiger partial charge in [-0.05, 0) is 12.1 Å². The fourth-order valence-electron chi connectivity index (χ4n) is 0.869. The molecule has 0 bridgehead atoms. The molecule has 4 nitrogen and oxygen atoms in total. The van der Waals surface area contributed by atoms with Crippen molar-refractivity contribution < 1.29 is 32.5 Å². The molecule has 1 unspecified atom stereocenters. The van der Waals surface area contributed by atoms with E-state index in [1.165, 1.54) is 24.3 Å². The lowest BCUT2D eigenvalue weighted by Crippen LogP contribution is -2.35. The number of carboxylic acids is 1. The van der Waals surface area contributed by atoms with Crippen molar-refractivity contribution in [2.45, 2.75) is 12.7 Å². The quantitative estimate of drug-likeness (QED) is 0.812. The molecule has 0 fully saturated rings. The summed E-state index contributed by atoms with van der Waals surface area (Å²) in [7, 11) is 0. The Morgan fingerprint density at radius 3 is 2.25 bits per heavy atom. The lowest BCUT2D eigenvalue weighted by Gasteiger charge is -2.16. The van der Waals surface area contributed by atoms with E-state index in [1.807, 2.05) is 0 Å². The van der Waals surface area contributed by atoms with E-state index in [0.717, 1.165) is 0 Å². The SMILES string of the molecule is O=C(O)C(Oc1ccccc1)OC(F)(F)F. The van der Waals surface area contributed by atoms with E-state index in [-0.39, 0.29) is 5.75 Å². The number of halogens is 3. The van der Waals surface area contributed by atoms with Gasteiger partial charge in [0.25, 0.3) is 0 Å². The molecule has 0 radical (unpaired) electrons. The number of benzene rings is 1. The maximum Gasteiger partial charge on any atom is 0.526 e. The van der Waals surface area contributed by atoms with Gasteiger partial charge in [-0.2, -0.15) is 0 Å². The molecule has 0 aromatic heterocycles. The average Bonchev–Trinajstić information content (AvgIpc) is 2.16. The van der Waals surface area contributed by atoms with E-state index < -0.39 is 18.6 Å². The summed E-state index contributed by atoms with van der Waals surface area (Å²) in [4.78, 5) is 10.4. The Balaban J connectivity index is 2.70. The van der Waals surface area contributed by atoms with Crippen molar-refractivity contribution in [3.05, 3.63) is 30.3 Å². The second kappa shape index (κ2) is 4.84. The summed E-state index contributed by atoms with van der Waals surface area (Å²) >= 11 is 0. The van der Waals surface area contributed by atoms with Crippen molar-refractivity contribution in [1.29, 1.82) is 0 Å². The first-order valence-corrected chi connectivity index (χ1v) is 4.07. The molecule has 0 aliphatic carbocycles. The molecule has 1 rings (SSSR count). The minimum absolute atomic E-state index is 0.0286. The second-order valence-electron chi connectivity index (χ2n) is 2.66. The standard InChI is InChI=1S/C9H7F3O4/c10-9(11,12)16-8(7(13)14)15-6-4-2-1-3-5-6/h1-5,8H,(H,13,14). The number of rotatable bonds is 4. The Hall–Kier alpha value is -1.76. The van der Waals surface area contributed by atoms with Crippen molar-refractivity contribution in [3.63, 3.8) is 0 Å². The van der Waals surface area contributed by atoms with Crippen LogP contribution in [0.3, 0.4) is 0 Å². The zero-order valence-corrected chi connectivity index (χ0v) is 7.77. The zero-order chi connectivity index (χ0) is 12.2. The first-order valence-electron chi connectivity index (χ1n) is 4.07. The van der Waals surface area contributed by atoms with Crippen LogP contribution < -0.4 is 4.74 Å².